The Kier molecular flexibility index (Phi) is 3.87. The fraction of sp³-hybridized carbons (Fsp3) is 0.385. The number of ether oxygens (including phenoxy) is 3. The molecule has 1 aromatic carbocycles. The highest BCUT2D eigenvalue weighted by molar-refractivity contribution is 7.15. The van der Waals surface area contributed by atoms with Crippen LogP contribution in [0, 0.1) is 0 Å². The van der Waals surface area contributed by atoms with E-state index in [0.29, 0.717) is 12.4 Å². The molecule has 0 fully saturated rings. The monoisotopic (exact) mass is 293 g/mol. The average Bonchev–Trinajstić information content (AvgIpc) is 3.11. The summed E-state index contributed by atoms with van der Waals surface area (Å²) in [7, 11) is 0. The molecule has 1 N–H and O–H groups in total. The summed E-state index contributed by atoms with van der Waals surface area (Å²) in [6, 6.07) is 5.51. The summed E-state index contributed by atoms with van der Waals surface area (Å²) in [4.78, 5) is 0. The molecule has 106 valence electrons. The van der Waals surface area contributed by atoms with Gasteiger partial charge < -0.3 is 19.5 Å². The van der Waals surface area contributed by atoms with Gasteiger partial charge in [-0.15, -0.1) is 10.2 Å². The minimum absolute atomic E-state index is 0.266. The molecule has 0 bridgehead atoms. The summed E-state index contributed by atoms with van der Waals surface area (Å²) in [5.74, 6) is 2.19. The van der Waals surface area contributed by atoms with Crippen molar-refractivity contribution in [2.75, 3.05) is 18.7 Å². The Hall–Kier alpha value is -2.02. The number of nitrogens with one attached hydrogen (secondary N) is 1. The van der Waals surface area contributed by atoms with E-state index in [1.54, 1.807) is 0 Å². The molecule has 6 nitrogen and oxygen atoms in total. The lowest BCUT2D eigenvalue weighted by atomic mass is 10.3. The van der Waals surface area contributed by atoms with Gasteiger partial charge in [-0.2, -0.15) is 0 Å². The van der Waals surface area contributed by atoms with Crippen LogP contribution < -0.4 is 19.5 Å². The molecule has 1 aromatic heterocycles. The van der Waals surface area contributed by atoms with Crippen LogP contribution in [0.4, 0.5) is 5.13 Å². The summed E-state index contributed by atoms with van der Waals surface area (Å²) in [6.07, 6.45) is 1.06. The molecule has 0 atom stereocenters. The molecule has 2 aromatic rings. The summed E-state index contributed by atoms with van der Waals surface area (Å²) in [5.41, 5.74) is 0. The van der Waals surface area contributed by atoms with E-state index in [2.05, 4.69) is 22.4 Å². The van der Waals surface area contributed by atoms with Gasteiger partial charge in [0.05, 0.1) is 0 Å². The maximum absolute atomic E-state index is 5.68. The number of fused-ring (bicyclic) bond motifs is 1. The van der Waals surface area contributed by atoms with Crippen molar-refractivity contribution in [2.24, 2.45) is 0 Å². The van der Waals surface area contributed by atoms with E-state index >= 15 is 0 Å². The van der Waals surface area contributed by atoms with Crippen LogP contribution in [0.1, 0.15) is 18.4 Å². The molecule has 0 amide bonds. The van der Waals surface area contributed by atoms with E-state index in [0.717, 1.165) is 34.6 Å². The third-order valence-corrected chi connectivity index (χ3v) is 3.55. The number of anilines is 1. The van der Waals surface area contributed by atoms with Crippen LogP contribution in [0.15, 0.2) is 18.2 Å². The maximum Gasteiger partial charge on any atom is 0.231 e. The first-order valence-electron chi connectivity index (χ1n) is 6.44. The SMILES string of the molecule is CCCNc1nnc(COc2ccc3c(c2)OCO3)s1. The van der Waals surface area contributed by atoms with Crippen LogP contribution in [0.5, 0.6) is 17.2 Å². The second kappa shape index (κ2) is 5.96. The maximum atomic E-state index is 5.68. The first kappa shape index (κ1) is 13.0. The van der Waals surface area contributed by atoms with Crippen LogP contribution in [0.25, 0.3) is 0 Å². The van der Waals surface area contributed by atoms with E-state index in [4.69, 9.17) is 14.2 Å². The van der Waals surface area contributed by atoms with Gasteiger partial charge >= 0.3 is 0 Å². The van der Waals surface area contributed by atoms with E-state index in [1.165, 1.54) is 11.3 Å². The highest BCUT2D eigenvalue weighted by Gasteiger charge is 2.14. The lowest BCUT2D eigenvalue weighted by Gasteiger charge is -2.04. The quantitative estimate of drug-likeness (QED) is 0.883. The number of rotatable bonds is 6. The number of benzene rings is 1. The molecule has 0 unspecified atom stereocenters. The van der Waals surface area contributed by atoms with Crippen LogP contribution >= 0.6 is 11.3 Å². The average molecular weight is 293 g/mol. The number of hydrogen-bond donors (Lipinski definition) is 1. The zero-order valence-corrected chi connectivity index (χ0v) is 11.9. The molecule has 1 aliphatic heterocycles. The van der Waals surface area contributed by atoms with Crippen LogP contribution in [-0.4, -0.2) is 23.5 Å². The summed E-state index contributed by atoms with van der Waals surface area (Å²) >= 11 is 1.50. The van der Waals surface area contributed by atoms with Crippen molar-refractivity contribution in [1.82, 2.24) is 10.2 Å². The molecule has 20 heavy (non-hydrogen) atoms. The lowest BCUT2D eigenvalue weighted by Crippen LogP contribution is -1.98. The predicted molar refractivity (Wildman–Crippen MR) is 75.6 cm³/mol. The Labute approximate surface area is 120 Å². The summed E-state index contributed by atoms with van der Waals surface area (Å²) in [6.45, 7) is 3.67. The van der Waals surface area contributed by atoms with E-state index in [-0.39, 0.29) is 6.79 Å². The third-order valence-electron chi connectivity index (χ3n) is 2.70. The molecule has 3 rings (SSSR count). The lowest BCUT2D eigenvalue weighted by molar-refractivity contribution is 0.173. The second-order valence-electron chi connectivity index (χ2n) is 4.23. The number of hydrogen-bond acceptors (Lipinski definition) is 7. The zero-order valence-electron chi connectivity index (χ0n) is 11.1. The van der Waals surface area contributed by atoms with Crippen molar-refractivity contribution in [3.63, 3.8) is 0 Å². The van der Waals surface area contributed by atoms with Crippen LogP contribution in [-0.2, 0) is 6.61 Å². The topological polar surface area (TPSA) is 65.5 Å². The van der Waals surface area contributed by atoms with Gasteiger partial charge in [-0.3, -0.25) is 0 Å². The molecule has 0 aliphatic carbocycles. The van der Waals surface area contributed by atoms with Crippen molar-refractivity contribution in [2.45, 2.75) is 20.0 Å². The Balaban J connectivity index is 1.57. The molecular weight excluding hydrogens is 278 g/mol. The number of nitrogens with zero attached hydrogens (tertiary/aromatic N) is 2. The largest absolute Gasteiger partial charge is 0.486 e. The third kappa shape index (κ3) is 2.93. The minimum atomic E-state index is 0.266. The molecule has 2 heterocycles. The fourth-order valence-electron chi connectivity index (χ4n) is 1.73. The molecule has 0 saturated carbocycles. The van der Waals surface area contributed by atoms with E-state index in [9.17, 15) is 0 Å². The number of aromatic nitrogens is 2. The Morgan fingerprint density at radius 2 is 2.20 bits per heavy atom. The minimum Gasteiger partial charge on any atom is -0.486 e. The Morgan fingerprint density at radius 1 is 1.30 bits per heavy atom. The van der Waals surface area contributed by atoms with Gasteiger partial charge in [0, 0.05) is 12.6 Å². The normalized spacial score (nSPS) is 12.4. The molecular formula is C13H15N3O3S. The Morgan fingerprint density at radius 3 is 3.10 bits per heavy atom. The van der Waals surface area contributed by atoms with Crippen molar-refractivity contribution in [3.8, 4) is 17.2 Å². The van der Waals surface area contributed by atoms with E-state index in [1.807, 2.05) is 18.2 Å². The molecule has 0 saturated heterocycles. The van der Waals surface area contributed by atoms with Gasteiger partial charge in [0.15, 0.2) is 16.5 Å². The summed E-state index contributed by atoms with van der Waals surface area (Å²) in [5, 5.41) is 13.0. The first-order valence-corrected chi connectivity index (χ1v) is 7.25. The predicted octanol–water partition coefficient (Wildman–Crippen LogP) is 2.67. The van der Waals surface area contributed by atoms with Gasteiger partial charge in [0.2, 0.25) is 11.9 Å². The highest BCUT2D eigenvalue weighted by atomic mass is 32.1. The molecule has 1 aliphatic rings. The van der Waals surface area contributed by atoms with Crippen LogP contribution in [0.2, 0.25) is 0 Å². The van der Waals surface area contributed by atoms with Gasteiger partial charge in [0.25, 0.3) is 0 Å². The van der Waals surface area contributed by atoms with Crippen molar-refractivity contribution in [3.05, 3.63) is 23.2 Å². The van der Waals surface area contributed by atoms with Crippen molar-refractivity contribution in [1.29, 1.82) is 0 Å². The highest BCUT2D eigenvalue weighted by Crippen LogP contribution is 2.35. The second-order valence-corrected chi connectivity index (χ2v) is 5.29. The van der Waals surface area contributed by atoms with Gasteiger partial charge in [-0.05, 0) is 18.6 Å². The standard InChI is InChI=1S/C13H15N3O3S/c1-2-5-14-13-16-15-12(20-13)7-17-9-3-4-10-11(6-9)19-8-18-10/h3-4,6H,2,5,7-8H2,1H3,(H,14,16). The van der Waals surface area contributed by atoms with Crippen LogP contribution in [0.3, 0.4) is 0 Å². The fourth-order valence-corrected chi connectivity index (χ4v) is 2.41. The summed E-state index contributed by atoms with van der Waals surface area (Å²) < 4.78 is 16.2. The van der Waals surface area contributed by atoms with Crippen molar-refractivity contribution >= 4 is 16.5 Å². The van der Waals surface area contributed by atoms with Crippen molar-refractivity contribution < 1.29 is 14.2 Å². The van der Waals surface area contributed by atoms with Gasteiger partial charge in [0.1, 0.15) is 12.4 Å². The zero-order chi connectivity index (χ0) is 13.8. The Bertz CT molecular complexity index is 588. The smallest absolute Gasteiger partial charge is 0.231 e. The van der Waals surface area contributed by atoms with Gasteiger partial charge in [-0.1, -0.05) is 18.3 Å². The first-order chi connectivity index (χ1) is 9.85. The van der Waals surface area contributed by atoms with E-state index < -0.39 is 0 Å². The molecule has 7 heteroatoms. The van der Waals surface area contributed by atoms with Gasteiger partial charge in [-0.25, -0.2) is 0 Å². The molecule has 0 radical (unpaired) electrons. The molecule has 0 spiro atoms.